The second kappa shape index (κ2) is 1.81. The van der Waals surface area contributed by atoms with Crippen molar-refractivity contribution in [1.82, 2.24) is 20.6 Å². The number of halogens is 2. The van der Waals surface area contributed by atoms with Crippen LogP contribution in [0.25, 0.3) is 0 Å². The Morgan fingerprint density at radius 2 is 2.25 bits per heavy atom. The molecule has 6 heteroatoms. The van der Waals surface area contributed by atoms with Crippen molar-refractivity contribution in [2.75, 3.05) is 0 Å². The Morgan fingerprint density at radius 3 is 2.50 bits per heavy atom. The minimum Gasteiger partial charge on any atom is -0.201 e. The number of alkyl halides is 2. The quantitative estimate of drug-likeness (QED) is 0.573. The van der Waals surface area contributed by atoms with E-state index in [0.717, 1.165) is 0 Å². The Kier molecular flexibility index (Phi) is 1.15. The summed E-state index contributed by atoms with van der Waals surface area (Å²) in [4.78, 5) is 0. The first kappa shape index (κ1) is 5.07. The van der Waals surface area contributed by atoms with Gasteiger partial charge in [0.1, 0.15) is 0 Å². The van der Waals surface area contributed by atoms with Gasteiger partial charge in [-0.2, -0.15) is 5.21 Å². The topological polar surface area (TPSA) is 54.5 Å². The highest BCUT2D eigenvalue weighted by molar-refractivity contribution is 4.75. The molecule has 1 aromatic heterocycles. The molecule has 0 spiro atoms. The average Bonchev–Trinajstić information content (AvgIpc) is 2.12. The first-order chi connectivity index (χ1) is 3.80. The van der Waals surface area contributed by atoms with E-state index in [4.69, 9.17) is 0 Å². The van der Waals surface area contributed by atoms with Crippen LogP contribution in [0.1, 0.15) is 12.2 Å². The normalized spacial score (nSPS) is 10.4. The van der Waals surface area contributed by atoms with Gasteiger partial charge in [0, 0.05) is 0 Å². The van der Waals surface area contributed by atoms with Crippen molar-refractivity contribution in [1.29, 1.82) is 0 Å². The number of aromatic amines is 1. The molecule has 0 aliphatic heterocycles. The summed E-state index contributed by atoms with van der Waals surface area (Å²) < 4.78 is 22.8. The molecule has 0 amide bonds. The molecular weight excluding hydrogens is 118 g/mol. The highest BCUT2D eigenvalue weighted by Crippen LogP contribution is 2.09. The molecule has 0 bridgehead atoms. The van der Waals surface area contributed by atoms with E-state index in [1.165, 1.54) is 0 Å². The van der Waals surface area contributed by atoms with Gasteiger partial charge in [-0.15, -0.1) is 10.2 Å². The van der Waals surface area contributed by atoms with Crippen LogP contribution in [0, 0.1) is 0 Å². The SMILES string of the molecule is FC(F)c1nn[nH]n1. The maximum absolute atomic E-state index is 11.4. The molecule has 0 saturated heterocycles. The maximum atomic E-state index is 11.4. The van der Waals surface area contributed by atoms with Gasteiger partial charge in [-0.25, -0.2) is 8.78 Å². The van der Waals surface area contributed by atoms with Gasteiger partial charge in [-0.3, -0.25) is 0 Å². The summed E-state index contributed by atoms with van der Waals surface area (Å²) in [6.45, 7) is 0. The lowest BCUT2D eigenvalue weighted by Crippen LogP contribution is -1.85. The zero-order valence-electron chi connectivity index (χ0n) is 3.67. The number of hydrogen-bond donors (Lipinski definition) is 1. The zero-order chi connectivity index (χ0) is 5.98. The standard InChI is InChI=1S/C2H2F2N4/c3-1(4)2-5-7-8-6-2/h1H,(H,5,6,7,8). The fourth-order valence-electron chi connectivity index (χ4n) is 0.262. The van der Waals surface area contributed by atoms with Crippen molar-refractivity contribution >= 4 is 0 Å². The molecule has 0 radical (unpaired) electrons. The van der Waals surface area contributed by atoms with Gasteiger partial charge >= 0.3 is 6.43 Å². The summed E-state index contributed by atoms with van der Waals surface area (Å²) in [5.74, 6) is -0.565. The molecule has 0 aliphatic carbocycles. The van der Waals surface area contributed by atoms with E-state index in [9.17, 15) is 8.78 Å². The summed E-state index contributed by atoms with van der Waals surface area (Å²) >= 11 is 0. The summed E-state index contributed by atoms with van der Waals surface area (Å²) in [5, 5.41) is 10.9. The van der Waals surface area contributed by atoms with Crippen LogP contribution in [0.5, 0.6) is 0 Å². The number of nitrogens with zero attached hydrogens (tertiary/aromatic N) is 3. The molecule has 1 aromatic rings. The highest BCUT2D eigenvalue weighted by Gasteiger charge is 2.10. The van der Waals surface area contributed by atoms with Crippen LogP contribution in [-0.4, -0.2) is 20.6 Å². The van der Waals surface area contributed by atoms with Gasteiger partial charge < -0.3 is 0 Å². The van der Waals surface area contributed by atoms with Crippen LogP contribution >= 0.6 is 0 Å². The van der Waals surface area contributed by atoms with Gasteiger partial charge in [0.2, 0.25) is 5.82 Å². The molecule has 0 fully saturated rings. The van der Waals surface area contributed by atoms with E-state index in [0.29, 0.717) is 0 Å². The zero-order valence-corrected chi connectivity index (χ0v) is 3.67. The Bertz CT molecular complexity index is 147. The largest absolute Gasteiger partial charge is 0.301 e. The van der Waals surface area contributed by atoms with Crippen molar-refractivity contribution in [3.8, 4) is 0 Å². The number of aromatic nitrogens is 4. The fourth-order valence-corrected chi connectivity index (χ4v) is 0.262. The van der Waals surface area contributed by atoms with E-state index in [1.54, 1.807) is 0 Å². The minimum absolute atomic E-state index is 0.565. The lowest BCUT2D eigenvalue weighted by Gasteiger charge is -1.82. The van der Waals surface area contributed by atoms with Gasteiger partial charge in [-0.05, 0) is 5.21 Å². The van der Waals surface area contributed by atoms with Crippen LogP contribution in [0.4, 0.5) is 8.78 Å². The van der Waals surface area contributed by atoms with Gasteiger partial charge in [0.25, 0.3) is 0 Å². The van der Waals surface area contributed by atoms with Gasteiger partial charge in [0.05, 0.1) is 0 Å². The van der Waals surface area contributed by atoms with Crippen LogP contribution in [0.2, 0.25) is 0 Å². The summed E-state index contributed by atoms with van der Waals surface area (Å²) in [5.41, 5.74) is 0. The molecule has 0 aliphatic rings. The molecule has 44 valence electrons. The minimum atomic E-state index is -2.63. The number of rotatable bonds is 1. The van der Waals surface area contributed by atoms with Crippen LogP contribution in [0.15, 0.2) is 0 Å². The molecule has 0 atom stereocenters. The van der Waals surface area contributed by atoms with Gasteiger partial charge in [-0.1, -0.05) is 0 Å². The molecule has 1 N–H and O–H groups in total. The summed E-state index contributed by atoms with van der Waals surface area (Å²) in [7, 11) is 0. The first-order valence-electron chi connectivity index (χ1n) is 1.82. The van der Waals surface area contributed by atoms with Crippen LogP contribution in [0.3, 0.4) is 0 Å². The Morgan fingerprint density at radius 1 is 1.50 bits per heavy atom. The van der Waals surface area contributed by atoms with Crippen LogP contribution < -0.4 is 0 Å². The fraction of sp³-hybridized carbons (Fsp3) is 0.500. The number of hydrogen-bond acceptors (Lipinski definition) is 3. The molecule has 0 unspecified atom stereocenters. The Balaban J connectivity index is 2.77. The third-order valence-corrected chi connectivity index (χ3v) is 0.557. The Hall–Kier alpha value is -1.07. The van der Waals surface area contributed by atoms with E-state index >= 15 is 0 Å². The predicted molar refractivity (Wildman–Crippen MR) is 19.1 cm³/mol. The van der Waals surface area contributed by atoms with Crippen molar-refractivity contribution in [3.05, 3.63) is 5.82 Å². The molecule has 1 heterocycles. The second-order valence-corrected chi connectivity index (χ2v) is 1.07. The van der Waals surface area contributed by atoms with E-state index < -0.39 is 12.2 Å². The summed E-state index contributed by atoms with van der Waals surface area (Å²) in [6.07, 6.45) is -2.63. The predicted octanol–water partition coefficient (Wildman–Crippen LogP) is 0.137. The number of tetrazole rings is 1. The van der Waals surface area contributed by atoms with Crippen molar-refractivity contribution in [2.24, 2.45) is 0 Å². The van der Waals surface area contributed by atoms with E-state index in [2.05, 4.69) is 15.4 Å². The first-order valence-corrected chi connectivity index (χ1v) is 1.82. The second-order valence-electron chi connectivity index (χ2n) is 1.07. The highest BCUT2D eigenvalue weighted by atomic mass is 19.3. The molecular formula is C2H2F2N4. The lowest BCUT2D eigenvalue weighted by molar-refractivity contribution is 0.140. The molecule has 0 aromatic carbocycles. The Labute approximate surface area is 42.9 Å². The van der Waals surface area contributed by atoms with E-state index in [-0.39, 0.29) is 0 Å². The molecule has 8 heavy (non-hydrogen) atoms. The smallest absolute Gasteiger partial charge is 0.201 e. The molecule has 1 rings (SSSR count). The van der Waals surface area contributed by atoms with E-state index in [1.807, 2.05) is 5.21 Å². The van der Waals surface area contributed by atoms with Gasteiger partial charge in [0.15, 0.2) is 0 Å². The molecule has 4 nitrogen and oxygen atoms in total. The summed E-state index contributed by atoms with van der Waals surface area (Å²) in [6, 6.07) is 0. The number of nitrogens with one attached hydrogen (secondary N) is 1. The van der Waals surface area contributed by atoms with Crippen molar-refractivity contribution in [2.45, 2.75) is 6.43 Å². The van der Waals surface area contributed by atoms with Crippen LogP contribution in [-0.2, 0) is 0 Å². The average molecular weight is 120 g/mol. The third-order valence-electron chi connectivity index (χ3n) is 0.557. The monoisotopic (exact) mass is 120 g/mol. The maximum Gasteiger partial charge on any atom is 0.301 e. The lowest BCUT2D eigenvalue weighted by atomic mass is 10.7. The molecule has 0 saturated carbocycles. The number of H-pyrrole nitrogens is 1. The van der Waals surface area contributed by atoms with Crippen molar-refractivity contribution < 1.29 is 8.78 Å². The van der Waals surface area contributed by atoms with Crippen molar-refractivity contribution in [3.63, 3.8) is 0 Å². The third kappa shape index (κ3) is 0.772.